The van der Waals surface area contributed by atoms with E-state index >= 15 is 0 Å². The van der Waals surface area contributed by atoms with Crippen LogP contribution in [0.4, 0.5) is 0 Å². The lowest BCUT2D eigenvalue weighted by Gasteiger charge is -1.98. The van der Waals surface area contributed by atoms with Gasteiger partial charge in [-0.1, -0.05) is 0 Å². The molecule has 6 nitrogen and oxygen atoms in total. The van der Waals surface area contributed by atoms with Gasteiger partial charge in [0.05, 0.1) is 14.2 Å². The molecule has 0 saturated carbocycles. The molecule has 0 aromatic carbocycles. The molecule has 0 bridgehead atoms. The van der Waals surface area contributed by atoms with Crippen LogP contribution in [0, 0.1) is 0 Å². The van der Waals surface area contributed by atoms with Crippen LogP contribution in [0.2, 0.25) is 0 Å². The molecular weight excluding hydrogens is 216 g/mol. The van der Waals surface area contributed by atoms with Gasteiger partial charge in [-0.3, -0.25) is 14.4 Å². The Bertz CT molecular complexity index is 201. The van der Waals surface area contributed by atoms with E-state index < -0.39 is 5.97 Å². The molecule has 0 unspecified atom stereocenters. The first-order chi connectivity index (χ1) is 7.43. The number of methoxy groups -OCH3 is 2. The molecule has 94 valence electrons. The SMILES string of the molecule is CC(=O)O.COC(=O)CCCCC(=O)OC. The Labute approximate surface area is 94.5 Å². The summed E-state index contributed by atoms with van der Waals surface area (Å²) in [5.74, 6) is -1.31. The van der Waals surface area contributed by atoms with Crippen molar-refractivity contribution in [1.82, 2.24) is 0 Å². The summed E-state index contributed by atoms with van der Waals surface area (Å²) >= 11 is 0. The van der Waals surface area contributed by atoms with Crippen molar-refractivity contribution in [3.63, 3.8) is 0 Å². The number of carbonyl (C=O) groups excluding carboxylic acids is 2. The largest absolute Gasteiger partial charge is 0.481 e. The summed E-state index contributed by atoms with van der Waals surface area (Å²) in [7, 11) is 2.70. The second-order valence-electron chi connectivity index (χ2n) is 2.88. The summed E-state index contributed by atoms with van der Waals surface area (Å²) < 4.78 is 8.86. The molecule has 6 heteroatoms. The van der Waals surface area contributed by atoms with Crippen LogP contribution in [0.25, 0.3) is 0 Å². The molecular formula is C10H18O6. The molecule has 0 rings (SSSR count). The van der Waals surface area contributed by atoms with Crippen LogP contribution in [0.5, 0.6) is 0 Å². The number of carboxylic acids is 1. The molecule has 0 aliphatic carbocycles. The lowest BCUT2D eigenvalue weighted by Crippen LogP contribution is -2.02. The molecule has 0 heterocycles. The molecule has 0 saturated heterocycles. The highest BCUT2D eigenvalue weighted by atomic mass is 16.5. The van der Waals surface area contributed by atoms with Crippen molar-refractivity contribution in [1.29, 1.82) is 0 Å². The lowest BCUT2D eigenvalue weighted by molar-refractivity contribution is -0.142. The zero-order valence-electron chi connectivity index (χ0n) is 9.82. The number of carboxylic acid groups (broad SMARTS) is 1. The van der Waals surface area contributed by atoms with Crippen LogP contribution in [-0.4, -0.2) is 37.2 Å². The van der Waals surface area contributed by atoms with Crippen LogP contribution in [0.3, 0.4) is 0 Å². The van der Waals surface area contributed by atoms with Crippen LogP contribution in [-0.2, 0) is 23.9 Å². The number of hydrogen-bond donors (Lipinski definition) is 1. The Hall–Kier alpha value is -1.59. The van der Waals surface area contributed by atoms with Crippen LogP contribution >= 0.6 is 0 Å². The number of aliphatic carboxylic acids is 1. The first-order valence-electron chi connectivity index (χ1n) is 4.77. The minimum absolute atomic E-state index is 0.236. The fourth-order valence-corrected chi connectivity index (χ4v) is 0.743. The summed E-state index contributed by atoms with van der Waals surface area (Å²) in [6, 6.07) is 0. The Balaban J connectivity index is 0. The zero-order chi connectivity index (χ0) is 13.0. The molecule has 0 aromatic rings. The number of hydrogen-bond acceptors (Lipinski definition) is 5. The van der Waals surface area contributed by atoms with E-state index in [1.807, 2.05) is 0 Å². The third-order valence-electron chi connectivity index (χ3n) is 1.47. The van der Waals surface area contributed by atoms with Gasteiger partial charge in [-0.05, 0) is 12.8 Å². The number of unbranched alkanes of at least 4 members (excludes halogenated alkanes) is 1. The standard InChI is InChI=1S/C8H14O4.C2H4O2/c1-11-7(9)5-3-4-6-8(10)12-2;1-2(3)4/h3-6H2,1-2H3;1H3,(H,3,4). The number of carbonyl (C=O) groups is 3. The predicted octanol–water partition coefficient (Wildman–Crippen LogP) is 0.984. The summed E-state index contributed by atoms with van der Waals surface area (Å²) in [6.45, 7) is 1.08. The van der Waals surface area contributed by atoms with Gasteiger partial charge in [0.1, 0.15) is 0 Å². The average Bonchev–Trinajstić information content (AvgIpc) is 2.22. The molecule has 0 amide bonds. The van der Waals surface area contributed by atoms with Gasteiger partial charge < -0.3 is 14.6 Å². The van der Waals surface area contributed by atoms with E-state index in [0.717, 1.165) is 6.92 Å². The van der Waals surface area contributed by atoms with Crippen molar-refractivity contribution in [2.24, 2.45) is 0 Å². The van der Waals surface area contributed by atoms with Gasteiger partial charge in [0.15, 0.2) is 0 Å². The maximum atomic E-state index is 10.6. The van der Waals surface area contributed by atoms with E-state index in [1.54, 1.807) is 0 Å². The summed E-state index contributed by atoms with van der Waals surface area (Å²) in [4.78, 5) is 30.2. The second-order valence-corrected chi connectivity index (χ2v) is 2.88. The highest BCUT2D eigenvalue weighted by Crippen LogP contribution is 2.01. The Morgan fingerprint density at radius 1 is 0.938 bits per heavy atom. The van der Waals surface area contributed by atoms with Crippen LogP contribution in [0.1, 0.15) is 32.6 Å². The topological polar surface area (TPSA) is 89.9 Å². The number of ether oxygens (including phenoxy) is 2. The van der Waals surface area contributed by atoms with Crippen molar-refractivity contribution in [2.75, 3.05) is 14.2 Å². The maximum absolute atomic E-state index is 10.6. The highest BCUT2D eigenvalue weighted by Gasteiger charge is 2.02. The quantitative estimate of drug-likeness (QED) is 0.563. The van der Waals surface area contributed by atoms with E-state index in [-0.39, 0.29) is 11.9 Å². The average molecular weight is 234 g/mol. The molecule has 16 heavy (non-hydrogen) atoms. The van der Waals surface area contributed by atoms with Gasteiger partial charge in [-0.25, -0.2) is 0 Å². The van der Waals surface area contributed by atoms with Gasteiger partial charge in [-0.2, -0.15) is 0 Å². The van der Waals surface area contributed by atoms with E-state index in [0.29, 0.717) is 25.7 Å². The smallest absolute Gasteiger partial charge is 0.305 e. The van der Waals surface area contributed by atoms with E-state index in [4.69, 9.17) is 9.90 Å². The zero-order valence-corrected chi connectivity index (χ0v) is 9.82. The molecule has 0 fully saturated rings. The van der Waals surface area contributed by atoms with Crippen molar-refractivity contribution in [3.8, 4) is 0 Å². The molecule has 0 radical (unpaired) electrons. The lowest BCUT2D eigenvalue weighted by atomic mass is 10.2. The fourth-order valence-electron chi connectivity index (χ4n) is 0.743. The number of esters is 2. The maximum Gasteiger partial charge on any atom is 0.305 e. The first-order valence-corrected chi connectivity index (χ1v) is 4.77. The van der Waals surface area contributed by atoms with Gasteiger partial charge in [0.2, 0.25) is 0 Å². The molecule has 0 spiro atoms. The molecule has 0 aromatic heterocycles. The van der Waals surface area contributed by atoms with Crippen LogP contribution < -0.4 is 0 Å². The Kier molecular flexibility index (Phi) is 12.1. The first kappa shape index (κ1) is 16.8. The van der Waals surface area contributed by atoms with Crippen LogP contribution in [0.15, 0.2) is 0 Å². The Morgan fingerprint density at radius 2 is 1.19 bits per heavy atom. The minimum Gasteiger partial charge on any atom is -0.481 e. The van der Waals surface area contributed by atoms with Crippen molar-refractivity contribution < 1.29 is 29.0 Å². The molecule has 1 N–H and O–H groups in total. The second kappa shape index (κ2) is 11.5. The van der Waals surface area contributed by atoms with Crippen molar-refractivity contribution >= 4 is 17.9 Å². The third kappa shape index (κ3) is 18.2. The monoisotopic (exact) mass is 234 g/mol. The van der Waals surface area contributed by atoms with E-state index in [1.165, 1.54) is 14.2 Å². The Morgan fingerprint density at radius 3 is 1.38 bits per heavy atom. The predicted molar refractivity (Wildman–Crippen MR) is 55.8 cm³/mol. The van der Waals surface area contributed by atoms with Gasteiger partial charge in [0.25, 0.3) is 5.97 Å². The summed E-state index contributed by atoms with van der Waals surface area (Å²) in [5.41, 5.74) is 0. The van der Waals surface area contributed by atoms with Gasteiger partial charge in [-0.15, -0.1) is 0 Å². The van der Waals surface area contributed by atoms with Crippen molar-refractivity contribution in [3.05, 3.63) is 0 Å². The van der Waals surface area contributed by atoms with Gasteiger partial charge >= 0.3 is 11.9 Å². The summed E-state index contributed by atoms with van der Waals surface area (Å²) in [6.07, 6.45) is 2.07. The molecule has 0 aliphatic rings. The molecule has 0 atom stereocenters. The third-order valence-corrected chi connectivity index (χ3v) is 1.47. The molecule has 0 aliphatic heterocycles. The normalized spacial score (nSPS) is 8.44. The van der Waals surface area contributed by atoms with E-state index in [2.05, 4.69) is 9.47 Å². The number of rotatable bonds is 5. The van der Waals surface area contributed by atoms with Gasteiger partial charge in [0, 0.05) is 19.8 Å². The van der Waals surface area contributed by atoms with Crippen molar-refractivity contribution in [2.45, 2.75) is 32.6 Å². The highest BCUT2D eigenvalue weighted by molar-refractivity contribution is 5.70. The summed E-state index contributed by atoms with van der Waals surface area (Å²) in [5, 5.41) is 7.42. The fraction of sp³-hybridized carbons (Fsp3) is 0.700. The minimum atomic E-state index is -0.833. The van der Waals surface area contributed by atoms with E-state index in [9.17, 15) is 9.59 Å².